The molecule has 1 aromatic heterocycles. The van der Waals surface area contributed by atoms with Gasteiger partial charge in [0.25, 0.3) is 0 Å². The van der Waals surface area contributed by atoms with Gasteiger partial charge in [0.05, 0.1) is 9.09 Å². The molecule has 1 aromatic carbocycles. The molecular weight excluding hydrogens is 392 g/mol. The molecule has 0 amide bonds. The van der Waals surface area contributed by atoms with Gasteiger partial charge < -0.3 is 4.98 Å². The number of aromatic nitrogens is 1. The maximum atomic E-state index is 11.6. The first-order valence-corrected chi connectivity index (χ1v) is 5.81. The summed E-state index contributed by atoms with van der Waals surface area (Å²) in [4.78, 5) is 14.8. The summed E-state index contributed by atoms with van der Waals surface area (Å²) in [6.45, 7) is 0. The van der Waals surface area contributed by atoms with Crippen molar-refractivity contribution in [2.24, 2.45) is 0 Å². The van der Waals surface area contributed by atoms with Crippen molar-refractivity contribution in [1.29, 1.82) is 0 Å². The van der Waals surface area contributed by atoms with Crippen LogP contribution in [0.15, 0.2) is 29.2 Å². The Bertz CT molecular complexity index is 518. The van der Waals surface area contributed by atoms with E-state index in [1.807, 2.05) is 40.8 Å². The highest BCUT2D eigenvalue weighted by Gasteiger charge is 2.03. The van der Waals surface area contributed by atoms with Gasteiger partial charge in [0.2, 0.25) is 5.43 Å². The van der Waals surface area contributed by atoms with Crippen LogP contribution in [0.1, 0.15) is 0 Å². The van der Waals surface area contributed by atoms with E-state index in [2.05, 4.69) is 27.6 Å². The summed E-state index contributed by atoms with van der Waals surface area (Å²) in [5.74, 6) is 0. The summed E-state index contributed by atoms with van der Waals surface area (Å²) in [6.07, 6.45) is 1.74. The average Bonchev–Trinajstić information content (AvgIpc) is 2.12. The average molecular weight is 397 g/mol. The Labute approximate surface area is 102 Å². The van der Waals surface area contributed by atoms with Crippen LogP contribution < -0.4 is 5.43 Å². The van der Waals surface area contributed by atoms with Crippen molar-refractivity contribution in [3.63, 3.8) is 0 Å². The van der Waals surface area contributed by atoms with Gasteiger partial charge in [-0.05, 0) is 57.3 Å². The number of aromatic amines is 1. The molecule has 66 valence electrons. The molecule has 2 rings (SSSR count). The lowest BCUT2D eigenvalue weighted by atomic mass is 10.2. The van der Waals surface area contributed by atoms with Crippen LogP contribution in [0.2, 0.25) is 0 Å². The van der Waals surface area contributed by atoms with E-state index in [-0.39, 0.29) is 5.43 Å². The van der Waals surface area contributed by atoms with Gasteiger partial charge in [0.1, 0.15) is 0 Å². The summed E-state index contributed by atoms with van der Waals surface area (Å²) in [7, 11) is 0. The molecule has 0 unspecified atom stereocenters. The third-order valence-corrected chi connectivity index (χ3v) is 3.52. The van der Waals surface area contributed by atoms with E-state index in [1.165, 1.54) is 0 Å². The van der Waals surface area contributed by atoms with E-state index in [4.69, 9.17) is 0 Å². The summed E-state index contributed by atoms with van der Waals surface area (Å²) in [5.41, 5.74) is 1.03. The zero-order valence-electron chi connectivity index (χ0n) is 6.47. The highest BCUT2D eigenvalue weighted by atomic mass is 127. The van der Waals surface area contributed by atoms with Gasteiger partial charge in [-0.15, -0.1) is 0 Å². The molecule has 13 heavy (non-hydrogen) atoms. The second-order valence-electron chi connectivity index (χ2n) is 2.63. The van der Waals surface area contributed by atoms with E-state index in [9.17, 15) is 4.79 Å². The Kier molecular flexibility index (Phi) is 2.59. The maximum Gasteiger partial charge on any atom is 0.202 e. The van der Waals surface area contributed by atoms with E-state index in [0.717, 1.165) is 18.0 Å². The minimum absolute atomic E-state index is 0.105. The number of rotatable bonds is 0. The van der Waals surface area contributed by atoms with Crippen LogP contribution in [0.4, 0.5) is 0 Å². The molecule has 0 fully saturated rings. The van der Waals surface area contributed by atoms with Crippen molar-refractivity contribution in [3.8, 4) is 0 Å². The molecule has 0 saturated carbocycles. The van der Waals surface area contributed by atoms with Crippen molar-refractivity contribution in [2.45, 2.75) is 0 Å². The monoisotopic (exact) mass is 397 g/mol. The lowest BCUT2D eigenvalue weighted by Crippen LogP contribution is -2.06. The fraction of sp³-hybridized carbons (Fsp3) is 0. The van der Waals surface area contributed by atoms with E-state index >= 15 is 0 Å². The van der Waals surface area contributed by atoms with Gasteiger partial charge in [0.15, 0.2) is 0 Å². The molecule has 1 N–H and O–H groups in total. The fourth-order valence-electron chi connectivity index (χ4n) is 1.19. The first-order valence-electron chi connectivity index (χ1n) is 3.65. The van der Waals surface area contributed by atoms with Crippen molar-refractivity contribution in [1.82, 2.24) is 4.98 Å². The molecule has 0 aliphatic carbocycles. The molecule has 0 aliphatic rings. The van der Waals surface area contributed by atoms with Crippen LogP contribution in [-0.2, 0) is 0 Å². The van der Waals surface area contributed by atoms with Crippen molar-refractivity contribution in [3.05, 3.63) is 41.8 Å². The topological polar surface area (TPSA) is 32.9 Å². The first-order chi connectivity index (χ1) is 6.20. The van der Waals surface area contributed by atoms with Gasteiger partial charge in [-0.2, -0.15) is 0 Å². The Balaban J connectivity index is 3.03. The minimum Gasteiger partial charge on any atom is -0.359 e. The molecule has 0 bridgehead atoms. The quantitative estimate of drug-likeness (QED) is 0.682. The minimum atomic E-state index is 0.105. The van der Waals surface area contributed by atoms with Crippen molar-refractivity contribution in [2.75, 3.05) is 0 Å². The molecule has 0 atom stereocenters. The molecule has 2 aromatic rings. The smallest absolute Gasteiger partial charge is 0.202 e. The van der Waals surface area contributed by atoms with E-state index in [0.29, 0.717) is 0 Å². The van der Waals surface area contributed by atoms with Crippen LogP contribution in [0.3, 0.4) is 0 Å². The first kappa shape index (κ1) is 9.45. The lowest BCUT2D eigenvalue weighted by Gasteiger charge is -1.99. The predicted octanol–water partition coefficient (Wildman–Crippen LogP) is 2.74. The zero-order chi connectivity index (χ0) is 9.42. The Hall–Kier alpha value is -0.110. The Morgan fingerprint density at radius 1 is 1.15 bits per heavy atom. The van der Waals surface area contributed by atoms with Crippen LogP contribution in [0, 0.1) is 7.14 Å². The molecule has 0 saturated heterocycles. The molecule has 0 radical (unpaired) electrons. The SMILES string of the molecule is O=c1c(I)c[nH]c2c(I)cccc12. The summed E-state index contributed by atoms with van der Waals surface area (Å²) >= 11 is 4.25. The molecule has 0 spiro atoms. The maximum absolute atomic E-state index is 11.6. The number of hydrogen-bond acceptors (Lipinski definition) is 1. The fourth-order valence-corrected chi connectivity index (χ4v) is 2.29. The van der Waals surface area contributed by atoms with E-state index < -0.39 is 0 Å². The Morgan fingerprint density at radius 3 is 2.69 bits per heavy atom. The second-order valence-corrected chi connectivity index (χ2v) is 4.95. The molecule has 4 heteroatoms. The summed E-state index contributed by atoms with van der Waals surface area (Å²) < 4.78 is 1.80. The van der Waals surface area contributed by atoms with Crippen LogP contribution in [0.25, 0.3) is 10.9 Å². The van der Waals surface area contributed by atoms with E-state index in [1.54, 1.807) is 6.20 Å². The van der Waals surface area contributed by atoms with Gasteiger partial charge in [-0.3, -0.25) is 4.79 Å². The molecule has 0 aliphatic heterocycles. The van der Waals surface area contributed by atoms with Crippen LogP contribution >= 0.6 is 45.2 Å². The van der Waals surface area contributed by atoms with Gasteiger partial charge in [-0.25, -0.2) is 0 Å². The molecule has 2 nitrogen and oxygen atoms in total. The number of pyridine rings is 1. The van der Waals surface area contributed by atoms with Gasteiger partial charge in [-0.1, -0.05) is 6.07 Å². The van der Waals surface area contributed by atoms with Crippen LogP contribution in [0.5, 0.6) is 0 Å². The van der Waals surface area contributed by atoms with Gasteiger partial charge >= 0.3 is 0 Å². The lowest BCUT2D eigenvalue weighted by molar-refractivity contribution is 1.35. The second kappa shape index (κ2) is 3.56. The standard InChI is InChI=1S/C9H5I2NO/c10-6-3-1-2-5-8(6)12-4-7(11)9(5)13/h1-4H,(H,12,13). The highest BCUT2D eigenvalue weighted by molar-refractivity contribution is 14.1. The number of nitrogens with one attached hydrogen (secondary N) is 1. The third kappa shape index (κ3) is 1.61. The molecule has 1 heterocycles. The number of H-pyrrole nitrogens is 1. The molecular formula is C9H5I2NO. The number of halogens is 2. The number of para-hydroxylation sites is 1. The van der Waals surface area contributed by atoms with Crippen molar-refractivity contribution >= 4 is 56.1 Å². The predicted molar refractivity (Wildman–Crippen MR) is 70.0 cm³/mol. The summed E-state index contributed by atoms with van der Waals surface area (Å²) in [5, 5.41) is 0.763. The third-order valence-electron chi connectivity index (χ3n) is 1.82. The van der Waals surface area contributed by atoms with Crippen LogP contribution in [-0.4, -0.2) is 4.98 Å². The number of fused-ring (bicyclic) bond motifs is 1. The summed E-state index contributed by atoms with van der Waals surface area (Å²) in [6, 6.07) is 5.72. The normalized spacial score (nSPS) is 10.6. The van der Waals surface area contributed by atoms with Crippen molar-refractivity contribution < 1.29 is 0 Å². The zero-order valence-corrected chi connectivity index (χ0v) is 10.8. The highest BCUT2D eigenvalue weighted by Crippen LogP contribution is 2.15. The van der Waals surface area contributed by atoms with Gasteiger partial charge in [0, 0.05) is 15.2 Å². The largest absolute Gasteiger partial charge is 0.359 e. The number of hydrogen-bond donors (Lipinski definition) is 1. The Morgan fingerprint density at radius 2 is 1.92 bits per heavy atom. The number of benzene rings is 1.